The number of primary amides is 1. The lowest BCUT2D eigenvalue weighted by Gasteiger charge is -2.11. The fourth-order valence-corrected chi connectivity index (χ4v) is 1.70. The molecule has 0 bridgehead atoms. The lowest BCUT2D eigenvalue weighted by atomic mass is 10.1. The number of carbonyl (C=O) groups excluding carboxylic acids is 2. The second kappa shape index (κ2) is 5.86. The minimum absolute atomic E-state index is 0.240. The van der Waals surface area contributed by atoms with Gasteiger partial charge in [-0.3, -0.25) is 9.59 Å². The molecule has 0 spiro atoms. The summed E-state index contributed by atoms with van der Waals surface area (Å²) in [6.45, 7) is -0.343. The van der Waals surface area contributed by atoms with Crippen molar-refractivity contribution in [3.63, 3.8) is 0 Å². The summed E-state index contributed by atoms with van der Waals surface area (Å²) < 4.78 is 0. The first-order valence-electron chi connectivity index (χ1n) is 4.60. The molecule has 1 atom stereocenters. The molecule has 7 heteroatoms. The van der Waals surface area contributed by atoms with E-state index in [2.05, 4.69) is 5.32 Å². The monoisotopic (exact) mass is 276 g/mol. The highest BCUT2D eigenvalue weighted by Crippen LogP contribution is 2.23. The third-order valence-electron chi connectivity index (χ3n) is 1.89. The molecule has 92 valence electrons. The molecule has 0 fully saturated rings. The van der Waals surface area contributed by atoms with Crippen LogP contribution in [0.25, 0.3) is 0 Å². The summed E-state index contributed by atoms with van der Waals surface area (Å²) in [4.78, 5) is 21.9. The Balaban J connectivity index is 2.77. The summed E-state index contributed by atoms with van der Waals surface area (Å²) in [7, 11) is 0. The van der Waals surface area contributed by atoms with Gasteiger partial charge in [-0.1, -0.05) is 23.2 Å². The number of halogens is 2. The van der Waals surface area contributed by atoms with Gasteiger partial charge >= 0.3 is 0 Å². The molecule has 2 amide bonds. The number of carbonyl (C=O) groups is 2. The minimum Gasteiger partial charge on any atom is -0.378 e. The zero-order valence-electron chi connectivity index (χ0n) is 8.61. The minimum atomic E-state index is -1.45. The number of amides is 2. The first-order chi connectivity index (χ1) is 7.90. The number of nitrogens with two attached hydrogens (primary N) is 1. The van der Waals surface area contributed by atoms with Gasteiger partial charge < -0.3 is 16.2 Å². The van der Waals surface area contributed by atoms with Crippen LogP contribution in [-0.2, 0) is 9.59 Å². The molecule has 0 radical (unpaired) electrons. The van der Waals surface area contributed by atoms with Gasteiger partial charge in [0.25, 0.3) is 5.91 Å². The zero-order valence-corrected chi connectivity index (χ0v) is 10.1. The van der Waals surface area contributed by atoms with Gasteiger partial charge in [0, 0.05) is 10.0 Å². The normalized spacial score (nSPS) is 11.9. The van der Waals surface area contributed by atoms with Gasteiger partial charge in [0.2, 0.25) is 5.91 Å². The largest absolute Gasteiger partial charge is 0.378 e. The van der Waals surface area contributed by atoms with Gasteiger partial charge in [-0.2, -0.15) is 0 Å². The Morgan fingerprint density at radius 3 is 2.29 bits per heavy atom. The van der Waals surface area contributed by atoms with Crippen molar-refractivity contribution >= 4 is 35.0 Å². The molecular formula is C10H10Cl2N2O3. The second-order valence-electron chi connectivity index (χ2n) is 3.29. The van der Waals surface area contributed by atoms with Gasteiger partial charge in [-0.15, -0.1) is 0 Å². The van der Waals surface area contributed by atoms with Crippen molar-refractivity contribution in [1.29, 1.82) is 0 Å². The van der Waals surface area contributed by atoms with E-state index in [0.717, 1.165) is 0 Å². The summed E-state index contributed by atoms with van der Waals surface area (Å²) in [6, 6.07) is 4.28. The van der Waals surface area contributed by atoms with Gasteiger partial charge in [0.1, 0.15) is 0 Å². The van der Waals surface area contributed by atoms with Gasteiger partial charge in [-0.25, -0.2) is 0 Å². The van der Waals surface area contributed by atoms with Gasteiger partial charge in [-0.05, 0) is 23.8 Å². The lowest BCUT2D eigenvalue weighted by molar-refractivity contribution is -0.131. The third kappa shape index (κ3) is 4.22. The maximum atomic E-state index is 11.4. The van der Waals surface area contributed by atoms with Crippen LogP contribution in [0.4, 0.5) is 0 Å². The van der Waals surface area contributed by atoms with Crippen LogP contribution in [0.3, 0.4) is 0 Å². The fraction of sp³-hybridized carbons (Fsp3) is 0.200. The van der Waals surface area contributed by atoms with E-state index in [0.29, 0.717) is 10.0 Å². The van der Waals surface area contributed by atoms with Crippen molar-refractivity contribution < 1.29 is 14.7 Å². The van der Waals surface area contributed by atoms with Crippen LogP contribution in [0.15, 0.2) is 18.2 Å². The van der Waals surface area contributed by atoms with Crippen LogP contribution >= 0.6 is 23.2 Å². The molecule has 0 aliphatic rings. The van der Waals surface area contributed by atoms with Crippen molar-refractivity contribution in [2.24, 2.45) is 5.73 Å². The lowest BCUT2D eigenvalue weighted by Crippen LogP contribution is -2.36. The number of rotatable bonds is 4. The molecule has 0 aliphatic heterocycles. The Hall–Kier alpha value is -1.30. The Morgan fingerprint density at radius 2 is 1.82 bits per heavy atom. The summed E-state index contributed by atoms with van der Waals surface area (Å²) >= 11 is 11.5. The van der Waals surface area contributed by atoms with Crippen molar-refractivity contribution in [1.82, 2.24) is 5.32 Å². The topological polar surface area (TPSA) is 92.4 Å². The highest BCUT2D eigenvalue weighted by molar-refractivity contribution is 6.34. The van der Waals surface area contributed by atoms with Crippen molar-refractivity contribution in [2.75, 3.05) is 6.54 Å². The van der Waals surface area contributed by atoms with Crippen molar-refractivity contribution in [2.45, 2.75) is 6.10 Å². The number of hydrogen-bond acceptors (Lipinski definition) is 3. The number of aliphatic hydroxyl groups excluding tert-OH is 1. The molecule has 1 aromatic rings. The standard InChI is InChI=1S/C10H10Cl2N2O3/c11-6-1-5(2-7(12)3-6)9(16)10(17)14-4-8(13)15/h1-3,9,16H,4H2,(H2,13,15)(H,14,17). The third-order valence-corrected chi connectivity index (χ3v) is 2.32. The molecule has 0 aliphatic carbocycles. The van der Waals surface area contributed by atoms with E-state index >= 15 is 0 Å². The van der Waals surface area contributed by atoms with E-state index in [-0.39, 0.29) is 12.1 Å². The molecule has 4 N–H and O–H groups in total. The van der Waals surface area contributed by atoms with Crippen LogP contribution < -0.4 is 11.1 Å². The Morgan fingerprint density at radius 1 is 1.29 bits per heavy atom. The van der Waals surface area contributed by atoms with Crippen LogP contribution in [0.1, 0.15) is 11.7 Å². The number of aliphatic hydroxyl groups is 1. The average molecular weight is 277 g/mol. The first kappa shape index (κ1) is 13.8. The number of hydrogen-bond donors (Lipinski definition) is 3. The molecule has 17 heavy (non-hydrogen) atoms. The molecular weight excluding hydrogens is 267 g/mol. The van der Waals surface area contributed by atoms with E-state index < -0.39 is 17.9 Å². The molecule has 0 saturated carbocycles. The van der Waals surface area contributed by atoms with Crippen LogP contribution in [-0.4, -0.2) is 23.5 Å². The molecule has 0 saturated heterocycles. The molecule has 5 nitrogen and oxygen atoms in total. The maximum Gasteiger partial charge on any atom is 0.253 e. The summed E-state index contributed by atoms with van der Waals surface area (Å²) in [5.41, 5.74) is 5.09. The Bertz CT molecular complexity index is 431. The van der Waals surface area contributed by atoms with Gasteiger partial charge in [0.05, 0.1) is 6.54 Å². The van der Waals surface area contributed by atoms with E-state index in [1.807, 2.05) is 0 Å². The smallest absolute Gasteiger partial charge is 0.253 e. The summed E-state index contributed by atoms with van der Waals surface area (Å²) in [6.07, 6.45) is -1.45. The second-order valence-corrected chi connectivity index (χ2v) is 4.16. The van der Waals surface area contributed by atoms with Crippen molar-refractivity contribution in [3.05, 3.63) is 33.8 Å². The molecule has 1 unspecified atom stereocenters. The van der Waals surface area contributed by atoms with E-state index in [1.165, 1.54) is 18.2 Å². The maximum absolute atomic E-state index is 11.4. The highest BCUT2D eigenvalue weighted by Gasteiger charge is 2.18. The van der Waals surface area contributed by atoms with Crippen molar-refractivity contribution in [3.8, 4) is 0 Å². The Labute approximate surface area is 108 Å². The average Bonchev–Trinajstić information content (AvgIpc) is 2.23. The molecule has 0 aromatic heterocycles. The fourth-order valence-electron chi connectivity index (χ4n) is 1.16. The number of benzene rings is 1. The van der Waals surface area contributed by atoms with E-state index in [4.69, 9.17) is 28.9 Å². The molecule has 0 heterocycles. The first-order valence-corrected chi connectivity index (χ1v) is 5.36. The molecule has 1 rings (SSSR count). The predicted molar refractivity (Wildman–Crippen MR) is 63.6 cm³/mol. The van der Waals surface area contributed by atoms with E-state index in [1.54, 1.807) is 0 Å². The van der Waals surface area contributed by atoms with E-state index in [9.17, 15) is 14.7 Å². The van der Waals surface area contributed by atoms with Crippen LogP contribution in [0.5, 0.6) is 0 Å². The Kier molecular flexibility index (Phi) is 4.74. The van der Waals surface area contributed by atoms with Crippen LogP contribution in [0.2, 0.25) is 10.0 Å². The SMILES string of the molecule is NC(=O)CNC(=O)C(O)c1cc(Cl)cc(Cl)c1. The highest BCUT2D eigenvalue weighted by atomic mass is 35.5. The van der Waals surface area contributed by atoms with Gasteiger partial charge in [0.15, 0.2) is 6.10 Å². The van der Waals surface area contributed by atoms with Crippen LogP contribution in [0, 0.1) is 0 Å². The molecule has 1 aromatic carbocycles. The quantitative estimate of drug-likeness (QED) is 0.753. The number of nitrogens with one attached hydrogen (secondary N) is 1. The summed E-state index contributed by atoms with van der Waals surface area (Å²) in [5, 5.41) is 12.4. The zero-order chi connectivity index (χ0) is 13.0. The summed E-state index contributed by atoms with van der Waals surface area (Å²) in [5.74, 6) is -1.45. The predicted octanol–water partition coefficient (Wildman–Crippen LogP) is 0.628.